The van der Waals surface area contributed by atoms with Gasteiger partial charge in [-0.05, 0) is 32.1 Å². The molecule has 0 unspecified atom stereocenters. The van der Waals surface area contributed by atoms with Gasteiger partial charge in [0.05, 0.1) is 5.35 Å². The number of allylic oxidation sites excluding steroid dienone is 2. The summed E-state index contributed by atoms with van der Waals surface area (Å²) in [5.74, 6) is 0. The van der Waals surface area contributed by atoms with E-state index in [1.807, 2.05) is 12.2 Å². The van der Waals surface area contributed by atoms with E-state index in [2.05, 4.69) is 25.4 Å². The van der Waals surface area contributed by atoms with Crippen molar-refractivity contribution < 1.29 is 0 Å². The Balaban J connectivity index is 3.29. The average Bonchev–Trinajstić information content (AvgIpc) is 2.26. The number of H-pyrrole nitrogens is 1. The van der Waals surface area contributed by atoms with Crippen LogP contribution in [0.25, 0.3) is 12.7 Å². The first-order valence-corrected chi connectivity index (χ1v) is 4.85. The molecule has 0 aliphatic rings. The van der Waals surface area contributed by atoms with Gasteiger partial charge in [-0.15, -0.1) is 11.3 Å². The van der Waals surface area contributed by atoms with E-state index in [0.29, 0.717) is 0 Å². The largest absolute Gasteiger partial charge is 0.337 e. The smallest absolute Gasteiger partial charge is 0.159 e. The highest BCUT2D eigenvalue weighted by Crippen LogP contribution is 1.88. The van der Waals surface area contributed by atoms with E-state index in [9.17, 15) is 0 Å². The number of hydrogen-bond acceptors (Lipinski definition) is 2. The van der Waals surface area contributed by atoms with Crippen LogP contribution >= 0.6 is 23.6 Å². The first-order chi connectivity index (χ1) is 5.59. The molecule has 1 N–H and O–H groups in total. The Morgan fingerprint density at radius 3 is 2.67 bits per heavy atom. The van der Waals surface area contributed by atoms with Gasteiger partial charge < -0.3 is 4.98 Å². The standard InChI is InChI=1S/C9H11NS2/c1-6(2)4-5-8-7(3)12-9(11)10-8/h4-5H,3H2,1-2H3,(H,10,11)/b8-5+. The van der Waals surface area contributed by atoms with Crippen molar-refractivity contribution in [1.29, 1.82) is 0 Å². The zero-order chi connectivity index (χ0) is 9.14. The first-order valence-electron chi connectivity index (χ1n) is 3.63. The van der Waals surface area contributed by atoms with Crippen molar-refractivity contribution in [2.45, 2.75) is 13.8 Å². The van der Waals surface area contributed by atoms with E-state index in [4.69, 9.17) is 12.2 Å². The topological polar surface area (TPSA) is 15.8 Å². The lowest BCUT2D eigenvalue weighted by atomic mass is 10.3. The SMILES string of the molecule is C=c1sc(=S)[nH]/c1=C/C=C(C)C. The Morgan fingerprint density at radius 1 is 1.58 bits per heavy atom. The molecule has 1 heterocycles. The summed E-state index contributed by atoms with van der Waals surface area (Å²) in [4.78, 5) is 3.07. The molecular formula is C9H11NS2. The highest BCUT2D eigenvalue weighted by molar-refractivity contribution is 7.73. The number of aromatic nitrogens is 1. The van der Waals surface area contributed by atoms with Crippen molar-refractivity contribution in [3.8, 4) is 0 Å². The lowest BCUT2D eigenvalue weighted by Gasteiger charge is -1.80. The molecule has 1 aromatic rings. The second kappa shape index (κ2) is 3.83. The van der Waals surface area contributed by atoms with Gasteiger partial charge in [0.2, 0.25) is 0 Å². The van der Waals surface area contributed by atoms with Crippen molar-refractivity contribution in [3.63, 3.8) is 0 Å². The molecule has 0 fully saturated rings. The summed E-state index contributed by atoms with van der Waals surface area (Å²) in [7, 11) is 0. The third kappa shape index (κ3) is 2.43. The minimum atomic E-state index is 0.786. The molecular weight excluding hydrogens is 186 g/mol. The second-order valence-electron chi connectivity index (χ2n) is 2.76. The molecule has 0 saturated carbocycles. The van der Waals surface area contributed by atoms with Gasteiger partial charge in [-0.25, -0.2) is 0 Å². The van der Waals surface area contributed by atoms with Crippen LogP contribution in [-0.4, -0.2) is 4.98 Å². The van der Waals surface area contributed by atoms with Crippen LogP contribution in [0.15, 0.2) is 11.6 Å². The summed E-state index contributed by atoms with van der Waals surface area (Å²) in [5, 5.41) is 1.02. The van der Waals surface area contributed by atoms with Gasteiger partial charge in [-0.2, -0.15) is 0 Å². The number of thiazole rings is 1. The second-order valence-corrected chi connectivity index (χ2v) is 4.53. The Bertz CT molecular complexity index is 444. The molecule has 0 spiro atoms. The maximum absolute atomic E-state index is 4.98. The molecule has 1 rings (SSSR count). The van der Waals surface area contributed by atoms with Crippen LogP contribution in [-0.2, 0) is 0 Å². The predicted molar refractivity (Wildman–Crippen MR) is 58.2 cm³/mol. The summed E-state index contributed by atoms with van der Waals surface area (Å²) in [6.07, 6.45) is 4.05. The Labute approximate surface area is 80.8 Å². The molecule has 3 heteroatoms. The van der Waals surface area contributed by atoms with E-state index >= 15 is 0 Å². The van der Waals surface area contributed by atoms with Crippen LogP contribution in [0.4, 0.5) is 0 Å². The molecule has 0 atom stereocenters. The van der Waals surface area contributed by atoms with E-state index < -0.39 is 0 Å². The van der Waals surface area contributed by atoms with Gasteiger partial charge in [0.1, 0.15) is 0 Å². The molecule has 1 nitrogen and oxygen atoms in total. The van der Waals surface area contributed by atoms with Crippen LogP contribution in [0.2, 0.25) is 0 Å². The third-order valence-electron chi connectivity index (χ3n) is 1.34. The Kier molecular flexibility index (Phi) is 3.00. The van der Waals surface area contributed by atoms with Crippen LogP contribution in [0, 0.1) is 3.95 Å². The third-order valence-corrected chi connectivity index (χ3v) is 2.44. The number of rotatable bonds is 1. The summed E-state index contributed by atoms with van der Waals surface area (Å²) in [6.45, 7) is 7.99. The van der Waals surface area contributed by atoms with Gasteiger partial charge in [0.25, 0.3) is 0 Å². The fraction of sp³-hybridized carbons (Fsp3) is 0.222. The quantitative estimate of drug-likeness (QED) is 0.681. The highest BCUT2D eigenvalue weighted by atomic mass is 32.1. The van der Waals surface area contributed by atoms with Crippen molar-refractivity contribution in [1.82, 2.24) is 4.98 Å². The number of hydrogen-bond donors (Lipinski definition) is 1. The van der Waals surface area contributed by atoms with E-state index in [-0.39, 0.29) is 0 Å². The molecule has 0 aromatic carbocycles. The van der Waals surface area contributed by atoms with Crippen molar-refractivity contribution >= 4 is 36.2 Å². The zero-order valence-corrected chi connectivity index (χ0v) is 8.81. The number of aromatic amines is 1. The van der Waals surface area contributed by atoms with Crippen LogP contribution in [0.1, 0.15) is 13.8 Å². The highest BCUT2D eigenvalue weighted by Gasteiger charge is 1.84. The van der Waals surface area contributed by atoms with Crippen molar-refractivity contribution in [3.05, 3.63) is 25.5 Å². The lowest BCUT2D eigenvalue weighted by molar-refractivity contribution is 1.30. The van der Waals surface area contributed by atoms with Gasteiger partial charge in [-0.3, -0.25) is 0 Å². The molecule has 0 aliphatic carbocycles. The summed E-state index contributed by atoms with van der Waals surface area (Å²) >= 11 is 6.49. The Morgan fingerprint density at radius 2 is 2.25 bits per heavy atom. The van der Waals surface area contributed by atoms with Gasteiger partial charge >= 0.3 is 0 Å². The molecule has 64 valence electrons. The summed E-state index contributed by atoms with van der Waals surface area (Å²) in [6, 6.07) is 0. The number of nitrogens with one attached hydrogen (secondary N) is 1. The molecule has 12 heavy (non-hydrogen) atoms. The van der Waals surface area contributed by atoms with Crippen LogP contribution in [0.5, 0.6) is 0 Å². The summed E-state index contributed by atoms with van der Waals surface area (Å²) < 4.78 is 1.78. The van der Waals surface area contributed by atoms with E-state index in [1.54, 1.807) is 0 Å². The van der Waals surface area contributed by atoms with Gasteiger partial charge in [0.15, 0.2) is 3.95 Å². The fourth-order valence-electron chi connectivity index (χ4n) is 0.757. The molecule has 0 bridgehead atoms. The molecule has 0 amide bonds. The van der Waals surface area contributed by atoms with Crippen LogP contribution in [0.3, 0.4) is 0 Å². The van der Waals surface area contributed by atoms with Gasteiger partial charge in [-0.1, -0.05) is 18.2 Å². The molecule has 1 aromatic heterocycles. The molecule has 0 saturated heterocycles. The van der Waals surface area contributed by atoms with Gasteiger partial charge in [0, 0.05) is 4.53 Å². The van der Waals surface area contributed by atoms with Crippen molar-refractivity contribution in [2.75, 3.05) is 0 Å². The minimum Gasteiger partial charge on any atom is -0.337 e. The first kappa shape index (κ1) is 9.42. The maximum atomic E-state index is 4.98. The maximum Gasteiger partial charge on any atom is 0.159 e. The zero-order valence-electron chi connectivity index (χ0n) is 7.18. The Hall–Kier alpha value is -0.670. The van der Waals surface area contributed by atoms with E-state index in [0.717, 1.165) is 13.8 Å². The minimum absolute atomic E-state index is 0.786. The lowest BCUT2D eigenvalue weighted by Crippen LogP contribution is -2.18. The fourth-order valence-corrected chi connectivity index (χ4v) is 1.78. The molecule has 0 radical (unpaired) electrons. The normalized spacial score (nSPS) is 11.7. The van der Waals surface area contributed by atoms with Crippen molar-refractivity contribution in [2.24, 2.45) is 0 Å². The predicted octanol–water partition coefficient (Wildman–Crippen LogP) is 1.96. The molecule has 0 aliphatic heterocycles. The monoisotopic (exact) mass is 197 g/mol. The van der Waals surface area contributed by atoms with Crippen LogP contribution < -0.4 is 9.88 Å². The summed E-state index contributed by atoms with van der Waals surface area (Å²) in [5.41, 5.74) is 1.26. The van der Waals surface area contributed by atoms with E-state index in [1.165, 1.54) is 16.9 Å². The average molecular weight is 197 g/mol.